The molecule has 0 atom stereocenters. The van der Waals surface area contributed by atoms with Crippen LogP contribution in [0.2, 0.25) is 5.02 Å². The first kappa shape index (κ1) is 25.2. The van der Waals surface area contributed by atoms with Crippen LogP contribution in [0.1, 0.15) is 16.7 Å². The largest absolute Gasteiger partial charge is 0.416 e. The Kier molecular flexibility index (Phi) is 7.57. The third-order valence-electron chi connectivity index (χ3n) is 4.32. The second-order valence-electron chi connectivity index (χ2n) is 6.81. The molecule has 3 rings (SSSR count). The van der Waals surface area contributed by atoms with Gasteiger partial charge in [0, 0.05) is 5.02 Å². The van der Waals surface area contributed by atoms with Crippen molar-refractivity contribution in [1.29, 1.82) is 0 Å². The molecular formula is C22H15ClF4N2O4S. The van der Waals surface area contributed by atoms with Gasteiger partial charge in [-0.05, 0) is 54.1 Å². The Labute approximate surface area is 196 Å². The number of benzene rings is 3. The number of hydrogen-bond donors (Lipinski definition) is 1. The Morgan fingerprint density at radius 2 is 1.74 bits per heavy atom. The third kappa shape index (κ3) is 6.55. The zero-order chi connectivity index (χ0) is 24.9. The van der Waals surface area contributed by atoms with E-state index in [0.717, 1.165) is 30.5 Å². The molecule has 0 unspecified atom stereocenters. The average molecular weight is 515 g/mol. The summed E-state index contributed by atoms with van der Waals surface area (Å²) in [6.45, 7) is 0. The van der Waals surface area contributed by atoms with Crippen LogP contribution in [0.5, 0.6) is 5.75 Å². The SMILES string of the molecule is O=C(Cc1cccc(Cl)c1)NN=Cc1c(F)cccc1OS(=O)(=O)c1ccc(C(F)(F)F)cc1. The Morgan fingerprint density at radius 1 is 1.06 bits per heavy atom. The summed E-state index contributed by atoms with van der Waals surface area (Å²) in [7, 11) is -4.60. The number of carbonyl (C=O) groups excluding carboxylic acids is 1. The van der Waals surface area contributed by atoms with Crippen molar-refractivity contribution in [3.63, 3.8) is 0 Å². The van der Waals surface area contributed by atoms with Gasteiger partial charge in [0.15, 0.2) is 5.75 Å². The van der Waals surface area contributed by atoms with E-state index >= 15 is 0 Å². The van der Waals surface area contributed by atoms with Gasteiger partial charge in [0.1, 0.15) is 10.7 Å². The van der Waals surface area contributed by atoms with Crippen molar-refractivity contribution in [3.05, 3.63) is 94.3 Å². The lowest BCUT2D eigenvalue weighted by molar-refractivity contribution is -0.137. The molecule has 178 valence electrons. The number of amides is 1. The fourth-order valence-electron chi connectivity index (χ4n) is 2.73. The van der Waals surface area contributed by atoms with Crippen LogP contribution in [-0.4, -0.2) is 20.5 Å². The lowest BCUT2D eigenvalue weighted by atomic mass is 10.1. The number of rotatable bonds is 7. The maximum atomic E-state index is 14.3. The van der Waals surface area contributed by atoms with Crippen LogP contribution < -0.4 is 9.61 Å². The minimum absolute atomic E-state index is 0.0686. The summed E-state index contributed by atoms with van der Waals surface area (Å²) in [5.74, 6) is -1.93. The van der Waals surface area contributed by atoms with Crippen LogP contribution in [0.25, 0.3) is 0 Å². The fraction of sp³-hybridized carbons (Fsp3) is 0.0909. The molecule has 6 nitrogen and oxygen atoms in total. The number of nitrogens with zero attached hydrogens (tertiary/aromatic N) is 1. The summed E-state index contributed by atoms with van der Waals surface area (Å²) < 4.78 is 82.3. The Morgan fingerprint density at radius 3 is 2.38 bits per heavy atom. The standard InChI is InChI=1S/C22H15ClF4N2O4S/c23-16-4-1-3-14(11-16)12-21(30)29-28-13-18-19(24)5-2-6-20(18)33-34(31,32)17-9-7-15(8-10-17)22(25,26)27/h1-11,13H,12H2,(H,29,30). The molecule has 34 heavy (non-hydrogen) atoms. The van der Waals surface area contributed by atoms with Crippen molar-refractivity contribution >= 4 is 33.8 Å². The van der Waals surface area contributed by atoms with Crippen LogP contribution in [0, 0.1) is 5.82 Å². The molecule has 12 heteroatoms. The van der Waals surface area contributed by atoms with Crippen molar-refractivity contribution < 1.29 is 35.0 Å². The number of hydrazone groups is 1. The molecule has 0 aliphatic rings. The highest BCUT2D eigenvalue weighted by Crippen LogP contribution is 2.30. The van der Waals surface area contributed by atoms with E-state index in [9.17, 15) is 30.8 Å². The maximum absolute atomic E-state index is 14.3. The second-order valence-corrected chi connectivity index (χ2v) is 8.79. The molecule has 0 bridgehead atoms. The number of carbonyl (C=O) groups is 1. The topological polar surface area (TPSA) is 84.8 Å². The lowest BCUT2D eigenvalue weighted by Gasteiger charge is -2.11. The van der Waals surface area contributed by atoms with E-state index in [2.05, 4.69) is 10.5 Å². The van der Waals surface area contributed by atoms with E-state index in [4.69, 9.17) is 15.8 Å². The summed E-state index contributed by atoms with van der Waals surface area (Å²) >= 11 is 5.86. The van der Waals surface area contributed by atoms with Gasteiger partial charge in [-0.15, -0.1) is 0 Å². The third-order valence-corrected chi connectivity index (χ3v) is 5.80. The maximum Gasteiger partial charge on any atom is 0.416 e. The van der Waals surface area contributed by atoms with Gasteiger partial charge in [-0.2, -0.15) is 26.7 Å². The number of nitrogens with one attached hydrogen (secondary N) is 1. The van der Waals surface area contributed by atoms with E-state index < -0.39 is 49.8 Å². The van der Waals surface area contributed by atoms with E-state index in [1.807, 2.05) is 0 Å². The Balaban J connectivity index is 1.75. The quantitative estimate of drug-likeness (QED) is 0.209. The summed E-state index contributed by atoms with van der Waals surface area (Å²) in [6.07, 6.45) is -3.86. The first-order valence-corrected chi connectivity index (χ1v) is 11.2. The van der Waals surface area contributed by atoms with Gasteiger partial charge < -0.3 is 4.18 Å². The van der Waals surface area contributed by atoms with Crippen LogP contribution in [0.4, 0.5) is 17.6 Å². The first-order chi connectivity index (χ1) is 16.0. The summed E-state index contributed by atoms with van der Waals surface area (Å²) in [4.78, 5) is 11.5. The van der Waals surface area contributed by atoms with Crippen molar-refractivity contribution in [2.75, 3.05) is 0 Å². The molecule has 3 aromatic rings. The summed E-state index contributed by atoms with van der Waals surface area (Å²) in [6, 6.07) is 12.5. The molecular weight excluding hydrogens is 500 g/mol. The molecule has 0 aliphatic carbocycles. The van der Waals surface area contributed by atoms with Gasteiger partial charge in [-0.1, -0.05) is 29.8 Å². The molecule has 1 amide bonds. The van der Waals surface area contributed by atoms with Crippen LogP contribution in [-0.2, 0) is 27.5 Å². The second kappa shape index (κ2) is 10.2. The van der Waals surface area contributed by atoms with Crippen molar-refractivity contribution in [2.45, 2.75) is 17.5 Å². The molecule has 0 spiro atoms. The molecule has 0 heterocycles. The number of hydrogen-bond acceptors (Lipinski definition) is 5. The number of halogens is 5. The zero-order valence-corrected chi connectivity index (χ0v) is 18.6. The molecule has 0 aromatic heterocycles. The highest BCUT2D eigenvalue weighted by Gasteiger charge is 2.31. The number of alkyl halides is 3. The summed E-state index contributed by atoms with van der Waals surface area (Å²) in [5.41, 5.74) is 1.34. The minimum atomic E-state index is -4.65. The Bertz CT molecular complexity index is 1330. The van der Waals surface area contributed by atoms with Crippen molar-refractivity contribution in [3.8, 4) is 5.75 Å². The average Bonchev–Trinajstić information content (AvgIpc) is 2.75. The predicted octanol–water partition coefficient (Wildman–Crippen LogP) is 4.96. The van der Waals surface area contributed by atoms with Crippen LogP contribution in [0.15, 0.2) is 76.7 Å². The molecule has 1 N–H and O–H groups in total. The minimum Gasteiger partial charge on any atom is -0.378 e. The van der Waals surface area contributed by atoms with Gasteiger partial charge in [-0.25, -0.2) is 9.82 Å². The monoisotopic (exact) mass is 514 g/mol. The van der Waals surface area contributed by atoms with Crippen molar-refractivity contribution in [1.82, 2.24) is 5.43 Å². The Hall–Kier alpha value is -3.44. The van der Waals surface area contributed by atoms with E-state index in [-0.39, 0.29) is 6.42 Å². The zero-order valence-electron chi connectivity index (χ0n) is 17.0. The van der Waals surface area contributed by atoms with Gasteiger partial charge in [0.05, 0.1) is 23.8 Å². The highest BCUT2D eigenvalue weighted by molar-refractivity contribution is 7.87. The molecule has 3 aromatic carbocycles. The summed E-state index contributed by atoms with van der Waals surface area (Å²) in [5, 5.41) is 4.07. The van der Waals surface area contributed by atoms with Crippen molar-refractivity contribution in [2.24, 2.45) is 5.10 Å². The van der Waals surface area contributed by atoms with E-state index in [0.29, 0.717) is 22.7 Å². The van der Waals surface area contributed by atoms with Crippen LogP contribution >= 0.6 is 11.6 Å². The first-order valence-electron chi connectivity index (χ1n) is 9.42. The van der Waals surface area contributed by atoms with Gasteiger partial charge in [-0.3, -0.25) is 4.79 Å². The molecule has 0 fully saturated rings. The molecule has 0 saturated carbocycles. The van der Waals surface area contributed by atoms with Gasteiger partial charge in [0.25, 0.3) is 0 Å². The lowest BCUT2D eigenvalue weighted by Crippen LogP contribution is -2.20. The molecule has 0 saturated heterocycles. The van der Waals surface area contributed by atoms with Crippen LogP contribution in [0.3, 0.4) is 0 Å². The predicted molar refractivity (Wildman–Crippen MR) is 117 cm³/mol. The normalized spacial score (nSPS) is 12.0. The molecule has 0 radical (unpaired) electrons. The highest BCUT2D eigenvalue weighted by atomic mass is 35.5. The van der Waals surface area contributed by atoms with E-state index in [1.165, 1.54) is 6.07 Å². The van der Waals surface area contributed by atoms with E-state index in [1.54, 1.807) is 24.3 Å². The smallest absolute Gasteiger partial charge is 0.378 e. The van der Waals surface area contributed by atoms with Gasteiger partial charge in [0.2, 0.25) is 5.91 Å². The molecule has 0 aliphatic heterocycles. The fourth-order valence-corrected chi connectivity index (χ4v) is 3.89. The van der Waals surface area contributed by atoms with Gasteiger partial charge >= 0.3 is 16.3 Å².